The molecular weight excluding hydrogens is 248 g/mol. The Kier molecular flexibility index (Phi) is 3.53. The summed E-state index contributed by atoms with van der Waals surface area (Å²) in [6.45, 7) is 10.5. The maximum Gasteiger partial charge on any atom is 0.317 e. The summed E-state index contributed by atoms with van der Waals surface area (Å²) >= 11 is 0. The summed E-state index contributed by atoms with van der Waals surface area (Å²) in [5, 5.41) is 0. The van der Waals surface area contributed by atoms with Gasteiger partial charge in [-0.05, 0) is 49.4 Å². The zero-order valence-corrected chi connectivity index (χ0v) is 13.3. The molecule has 0 bridgehead atoms. The molecule has 0 aromatic heterocycles. The number of allylic oxidation sites excluding steroid dienone is 2. The minimum atomic E-state index is -0.607. The Morgan fingerprint density at radius 1 is 1.10 bits per heavy atom. The number of methoxy groups -OCH3 is 1. The number of hydrogen-bond donors (Lipinski definition) is 0. The number of rotatable bonds is 2. The first-order valence-electron chi connectivity index (χ1n) is 7.11. The SMILES string of the molecule is COC(=O)[C@@]1(c2cc(C)c(C)cc2C)CC=CC1(C)C. The minimum Gasteiger partial charge on any atom is -0.468 e. The molecule has 1 aliphatic rings. The highest BCUT2D eigenvalue weighted by molar-refractivity contribution is 5.86. The van der Waals surface area contributed by atoms with E-state index in [2.05, 4.69) is 58.9 Å². The lowest BCUT2D eigenvalue weighted by atomic mass is 9.62. The van der Waals surface area contributed by atoms with Crippen LogP contribution >= 0.6 is 0 Å². The van der Waals surface area contributed by atoms with Crippen molar-refractivity contribution in [2.75, 3.05) is 7.11 Å². The molecule has 0 N–H and O–H groups in total. The number of hydrogen-bond acceptors (Lipinski definition) is 2. The maximum absolute atomic E-state index is 12.6. The van der Waals surface area contributed by atoms with Crippen LogP contribution in [0.1, 0.15) is 42.5 Å². The highest BCUT2D eigenvalue weighted by Crippen LogP contribution is 2.52. The van der Waals surface area contributed by atoms with Crippen molar-refractivity contribution in [2.24, 2.45) is 5.41 Å². The second kappa shape index (κ2) is 4.76. The van der Waals surface area contributed by atoms with Crippen molar-refractivity contribution in [3.8, 4) is 0 Å². The second-order valence-corrected chi connectivity index (χ2v) is 6.48. The number of ether oxygens (including phenoxy) is 1. The van der Waals surface area contributed by atoms with E-state index in [1.807, 2.05) is 0 Å². The molecule has 2 heteroatoms. The van der Waals surface area contributed by atoms with Crippen molar-refractivity contribution in [3.63, 3.8) is 0 Å². The normalized spacial score (nSPS) is 23.9. The van der Waals surface area contributed by atoms with E-state index in [1.165, 1.54) is 18.2 Å². The van der Waals surface area contributed by atoms with Gasteiger partial charge in [0.15, 0.2) is 0 Å². The van der Waals surface area contributed by atoms with Gasteiger partial charge in [0.25, 0.3) is 0 Å². The molecule has 2 rings (SSSR count). The molecule has 0 saturated heterocycles. The molecular formula is C18H24O2. The van der Waals surface area contributed by atoms with E-state index in [9.17, 15) is 4.79 Å². The molecule has 2 nitrogen and oxygen atoms in total. The molecule has 1 atom stereocenters. The topological polar surface area (TPSA) is 26.3 Å². The van der Waals surface area contributed by atoms with E-state index in [-0.39, 0.29) is 11.4 Å². The zero-order valence-electron chi connectivity index (χ0n) is 13.3. The Balaban J connectivity index is 2.72. The molecule has 108 valence electrons. The fraction of sp³-hybridized carbons (Fsp3) is 0.500. The number of carbonyl (C=O) groups is 1. The minimum absolute atomic E-state index is 0.140. The van der Waals surface area contributed by atoms with Crippen molar-refractivity contribution in [1.82, 2.24) is 0 Å². The summed E-state index contributed by atoms with van der Waals surface area (Å²) in [6.07, 6.45) is 4.94. The highest BCUT2D eigenvalue weighted by atomic mass is 16.5. The molecule has 0 radical (unpaired) electrons. The Morgan fingerprint density at radius 2 is 1.70 bits per heavy atom. The monoisotopic (exact) mass is 272 g/mol. The van der Waals surface area contributed by atoms with Gasteiger partial charge < -0.3 is 4.74 Å². The van der Waals surface area contributed by atoms with Gasteiger partial charge in [-0.15, -0.1) is 0 Å². The fourth-order valence-electron chi connectivity index (χ4n) is 3.44. The summed E-state index contributed by atoms with van der Waals surface area (Å²) in [7, 11) is 1.48. The molecule has 1 aromatic rings. The third-order valence-electron chi connectivity index (χ3n) is 4.89. The second-order valence-electron chi connectivity index (χ2n) is 6.48. The lowest BCUT2D eigenvalue weighted by Crippen LogP contribution is -2.46. The molecule has 1 aromatic carbocycles. The van der Waals surface area contributed by atoms with Crippen LogP contribution in [0.4, 0.5) is 0 Å². The van der Waals surface area contributed by atoms with Crippen LogP contribution in [0.3, 0.4) is 0 Å². The molecule has 0 fully saturated rings. The van der Waals surface area contributed by atoms with Crippen LogP contribution in [0, 0.1) is 26.2 Å². The molecule has 0 amide bonds. The van der Waals surface area contributed by atoms with Crippen LogP contribution in [0.25, 0.3) is 0 Å². The lowest BCUT2D eigenvalue weighted by molar-refractivity contribution is -0.150. The summed E-state index contributed by atoms with van der Waals surface area (Å²) in [4.78, 5) is 12.6. The van der Waals surface area contributed by atoms with Crippen LogP contribution in [0.5, 0.6) is 0 Å². The van der Waals surface area contributed by atoms with Gasteiger partial charge in [0, 0.05) is 5.41 Å². The Hall–Kier alpha value is -1.57. The number of carbonyl (C=O) groups excluding carboxylic acids is 1. The van der Waals surface area contributed by atoms with E-state index < -0.39 is 5.41 Å². The first-order valence-corrected chi connectivity index (χ1v) is 7.11. The van der Waals surface area contributed by atoms with E-state index in [0.717, 1.165) is 11.1 Å². The van der Waals surface area contributed by atoms with Gasteiger partial charge in [-0.25, -0.2) is 0 Å². The van der Waals surface area contributed by atoms with Gasteiger partial charge in [0.05, 0.1) is 7.11 Å². The predicted molar refractivity (Wildman–Crippen MR) is 81.9 cm³/mol. The van der Waals surface area contributed by atoms with Gasteiger partial charge in [-0.3, -0.25) is 4.79 Å². The quantitative estimate of drug-likeness (QED) is 0.600. The van der Waals surface area contributed by atoms with Crippen molar-refractivity contribution < 1.29 is 9.53 Å². The van der Waals surface area contributed by atoms with E-state index in [4.69, 9.17) is 4.74 Å². The molecule has 0 heterocycles. The van der Waals surface area contributed by atoms with Crippen molar-refractivity contribution in [2.45, 2.75) is 46.5 Å². The lowest BCUT2D eigenvalue weighted by Gasteiger charge is -2.40. The first kappa shape index (κ1) is 14.8. The number of aryl methyl sites for hydroxylation is 3. The molecule has 20 heavy (non-hydrogen) atoms. The molecule has 1 aliphatic carbocycles. The standard InChI is InChI=1S/C18H24O2/c1-12-10-14(3)15(11-13(12)2)18(16(19)20-6)9-7-8-17(18,4)5/h7-8,10-11H,9H2,1-6H3/t18-/m0/s1. The molecule has 0 spiro atoms. The van der Waals surface area contributed by atoms with Crippen LogP contribution in [0.2, 0.25) is 0 Å². The van der Waals surface area contributed by atoms with Gasteiger partial charge in [0.2, 0.25) is 0 Å². The maximum atomic E-state index is 12.6. The molecule has 0 unspecified atom stereocenters. The summed E-state index contributed by atoms with van der Waals surface area (Å²) < 4.78 is 5.17. The van der Waals surface area contributed by atoms with Crippen LogP contribution < -0.4 is 0 Å². The average Bonchev–Trinajstić information content (AvgIpc) is 2.69. The van der Waals surface area contributed by atoms with E-state index in [1.54, 1.807) is 0 Å². The summed E-state index contributed by atoms with van der Waals surface area (Å²) in [6, 6.07) is 4.33. The van der Waals surface area contributed by atoms with Crippen molar-refractivity contribution in [3.05, 3.63) is 46.5 Å². The largest absolute Gasteiger partial charge is 0.468 e. The fourth-order valence-corrected chi connectivity index (χ4v) is 3.44. The van der Waals surface area contributed by atoms with Gasteiger partial charge >= 0.3 is 5.97 Å². The molecule has 0 aliphatic heterocycles. The van der Waals surface area contributed by atoms with Crippen LogP contribution in [-0.4, -0.2) is 13.1 Å². The average molecular weight is 272 g/mol. The Bertz CT molecular complexity index is 581. The van der Waals surface area contributed by atoms with Crippen molar-refractivity contribution in [1.29, 1.82) is 0 Å². The zero-order chi connectivity index (χ0) is 15.1. The first-order chi connectivity index (χ1) is 9.26. The smallest absolute Gasteiger partial charge is 0.317 e. The van der Waals surface area contributed by atoms with Crippen LogP contribution in [0.15, 0.2) is 24.3 Å². The summed E-state index contributed by atoms with van der Waals surface area (Å²) in [5.74, 6) is -0.140. The number of esters is 1. The van der Waals surface area contributed by atoms with E-state index >= 15 is 0 Å². The third kappa shape index (κ3) is 1.90. The number of benzene rings is 1. The van der Waals surface area contributed by atoms with Gasteiger partial charge in [-0.1, -0.05) is 38.1 Å². The summed E-state index contributed by atoms with van der Waals surface area (Å²) in [5.41, 5.74) is 3.89. The molecule has 0 saturated carbocycles. The third-order valence-corrected chi connectivity index (χ3v) is 4.89. The van der Waals surface area contributed by atoms with Crippen molar-refractivity contribution >= 4 is 5.97 Å². The predicted octanol–water partition coefficient (Wildman–Crippen LogP) is 4.01. The van der Waals surface area contributed by atoms with Crippen LogP contribution in [-0.2, 0) is 14.9 Å². The van der Waals surface area contributed by atoms with E-state index in [0.29, 0.717) is 6.42 Å². The Morgan fingerprint density at radius 3 is 2.20 bits per heavy atom. The van der Waals surface area contributed by atoms with Gasteiger partial charge in [0.1, 0.15) is 5.41 Å². The van der Waals surface area contributed by atoms with Gasteiger partial charge in [-0.2, -0.15) is 0 Å². The highest BCUT2D eigenvalue weighted by Gasteiger charge is 2.54. The Labute approximate surface area is 121 Å².